The number of pyridine rings is 1. The topological polar surface area (TPSA) is 60.3 Å². The molecular weight excluding hydrogens is 184 g/mol. The van der Waals surface area contributed by atoms with E-state index >= 15 is 0 Å². The first kappa shape index (κ1) is 8.80. The van der Waals surface area contributed by atoms with Gasteiger partial charge in [-0.1, -0.05) is 0 Å². The van der Waals surface area contributed by atoms with Gasteiger partial charge in [0.1, 0.15) is 5.69 Å². The third-order valence-corrected chi connectivity index (χ3v) is 2.16. The van der Waals surface area contributed by atoms with Gasteiger partial charge in [0.25, 0.3) is 5.91 Å². The Balaban J connectivity index is 2.66. The summed E-state index contributed by atoms with van der Waals surface area (Å²) in [6.45, 7) is 1.19. The predicted octanol–water partition coefficient (Wildman–Crippen LogP) is -0.400. The van der Waals surface area contributed by atoms with Gasteiger partial charge >= 0.3 is 0 Å². The first-order chi connectivity index (χ1) is 6.72. The zero-order valence-corrected chi connectivity index (χ0v) is 7.74. The largest absolute Gasteiger partial charge is 0.482 e. The molecule has 0 aliphatic carbocycles. The fourth-order valence-electron chi connectivity index (χ4n) is 1.53. The number of carbonyl (C=O) groups excluding carboxylic acids is 1. The molecule has 0 bridgehead atoms. The maximum absolute atomic E-state index is 11.4. The number of hydrogen-bond acceptors (Lipinski definition) is 3. The third-order valence-electron chi connectivity index (χ3n) is 2.16. The SMILES string of the molecule is COc1cc(=O)cc2n1CCNC2=O. The second-order valence-corrected chi connectivity index (χ2v) is 3.03. The van der Waals surface area contributed by atoms with E-state index in [1.165, 1.54) is 19.2 Å². The average molecular weight is 194 g/mol. The van der Waals surface area contributed by atoms with Crippen molar-refractivity contribution in [1.82, 2.24) is 9.88 Å². The molecule has 0 fully saturated rings. The van der Waals surface area contributed by atoms with Crippen LogP contribution in [0.1, 0.15) is 10.5 Å². The van der Waals surface area contributed by atoms with E-state index in [4.69, 9.17) is 4.74 Å². The van der Waals surface area contributed by atoms with Crippen LogP contribution in [0.5, 0.6) is 5.88 Å². The van der Waals surface area contributed by atoms with Gasteiger partial charge in [-0.3, -0.25) is 9.59 Å². The molecule has 1 aliphatic heterocycles. The lowest BCUT2D eigenvalue weighted by molar-refractivity contribution is 0.0923. The summed E-state index contributed by atoms with van der Waals surface area (Å²) in [4.78, 5) is 22.6. The van der Waals surface area contributed by atoms with Crippen molar-refractivity contribution in [2.24, 2.45) is 0 Å². The molecule has 0 atom stereocenters. The molecule has 1 aromatic heterocycles. The normalized spacial score (nSPS) is 14.5. The molecule has 74 valence electrons. The maximum Gasteiger partial charge on any atom is 0.268 e. The van der Waals surface area contributed by atoms with E-state index in [9.17, 15) is 9.59 Å². The van der Waals surface area contributed by atoms with Crippen molar-refractivity contribution < 1.29 is 9.53 Å². The molecule has 0 saturated heterocycles. The van der Waals surface area contributed by atoms with E-state index in [-0.39, 0.29) is 11.3 Å². The van der Waals surface area contributed by atoms with E-state index in [0.29, 0.717) is 24.7 Å². The molecule has 14 heavy (non-hydrogen) atoms. The molecule has 1 N–H and O–H groups in total. The first-order valence-corrected chi connectivity index (χ1v) is 4.29. The van der Waals surface area contributed by atoms with Crippen molar-refractivity contribution in [2.75, 3.05) is 13.7 Å². The van der Waals surface area contributed by atoms with Crippen LogP contribution in [0.15, 0.2) is 16.9 Å². The number of carbonyl (C=O) groups is 1. The van der Waals surface area contributed by atoms with Gasteiger partial charge in [0.2, 0.25) is 0 Å². The van der Waals surface area contributed by atoms with Crippen LogP contribution in [0, 0.1) is 0 Å². The van der Waals surface area contributed by atoms with Gasteiger partial charge in [-0.05, 0) is 0 Å². The summed E-state index contributed by atoms with van der Waals surface area (Å²) in [6, 6.07) is 2.69. The maximum atomic E-state index is 11.4. The molecule has 2 heterocycles. The minimum atomic E-state index is -0.229. The number of hydrogen-bond donors (Lipinski definition) is 1. The number of methoxy groups -OCH3 is 1. The smallest absolute Gasteiger partial charge is 0.268 e. The molecule has 0 radical (unpaired) electrons. The highest BCUT2D eigenvalue weighted by Crippen LogP contribution is 2.13. The second kappa shape index (κ2) is 3.17. The predicted molar refractivity (Wildman–Crippen MR) is 49.6 cm³/mol. The lowest BCUT2D eigenvalue weighted by atomic mass is 10.2. The average Bonchev–Trinajstić information content (AvgIpc) is 2.18. The lowest BCUT2D eigenvalue weighted by Crippen LogP contribution is -2.37. The Kier molecular flexibility index (Phi) is 1.99. The Labute approximate surface area is 80.3 Å². The Morgan fingerprint density at radius 3 is 2.93 bits per heavy atom. The highest BCUT2D eigenvalue weighted by Gasteiger charge is 2.18. The Morgan fingerprint density at radius 1 is 1.43 bits per heavy atom. The van der Waals surface area contributed by atoms with Crippen LogP contribution >= 0.6 is 0 Å². The fraction of sp³-hybridized carbons (Fsp3) is 0.333. The van der Waals surface area contributed by atoms with Crippen molar-refractivity contribution in [3.63, 3.8) is 0 Å². The Hall–Kier alpha value is -1.78. The molecule has 1 aliphatic rings. The van der Waals surface area contributed by atoms with E-state index in [0.717, 1.165) is 0 Å². The van der Waals surface area contributed by atoms with E-state index < -0.39 is 0 Å². The van der Waals surface area contributed by atoms with Gasteiger partial charge in [-0.2, -0.15) is 0 Å². The molecule has 1 aromatic rings. The minimum Gasteiger partial charge on any atom is -0.482 e. The number of amides is 1. The number of fused-ring (bicyclic) bond motifs is 1. The van der Waals surface area contributed by atoms with Crippen molar-refractivity contribution in [2.45, 2.75) is 6.54 Å². The van der Waals surface area contributed by atoms with Crippen LogP contribution in [-0.4, -0.2) is 24.1 Å². The molecular formula is C9H10N2O3. The van der Waals surface area contributed by atoms with Crippen LogP contribution in [0.2, 0.25) is 0 Å². The Bertz CT molecular complexity index is 436. The van der Waals surface area contributed by atoms with Crippen molar-refractivity contribution in [3.8, 4) is 5.88 Å². The second-order valence-electron chi connectivity index (χ2n) is 3.03. The highest BCUT2D eigenvalue weighted by molar-refractivity contribution is 5.93. The van der Waals surface area contributed by atoms with Gasteiger partial charge in [-0.15, -0.1) is 0 Å². The molecule has 5 nitrogen and oxygen atoms in total. The summed E-state index contributed by atoms with van der Waals surface area (Å²) >= 11 is 0. The number of aromatic nitrogens is 1. The summed E-state index contributed by atoms with van der Waals surface area (Å²) in [7, 11) is 1.48. The summed E-state index contributed by atoms with van der Waals surface area (Å²) in [6.07, 6.45) is 0. The molecule has 5 heteroatoms. The van der Waals surface area contributed by atoms with Crippen molar-refractivity contribution in [1.29, 1.82) is 0 Å². The van der Waals surface area contributed by atoms with E-state index in [1.807, 2.05) is 0 Å². The summed E-state index contributed by atoms with van der Waals surface area (Å²) in [5.41, 5.74) is 0.144. The zero-order chi connectivity index (χ0) is 10.1. The number of nitrogens with one attached hydrogen (secondary N) is 1. The van der Waals surface area contributed by atoms with E-state index in [1.54, 1.807) is 4.57 Å². The molecule has 0 unspecified atom stereocenters. The first-order valence-electron chi connectivity index (χ1n) is 4.29. The van der Waals surface area contributed by atoms with Gasteiger partial charge in [0, 0.05) is 25.2 Å². The number of ether oxygens (including phenoxy) is 1. The fourth-order valence-corrected chi connectivity index (χ4v) is 1.53. The van der Waals surface area contributed by atoms with Crippen molar-refractivity contribution in [3.05, 3.63) is 28.0 Å². The highest BCUT2D eigenvalue weighted by atomic mass is 16.5. The standard InChI is InChI=1S/C9H10N2O3/c1-14-8-5-6(12)4-7-9(13)10-2-3-11(7)8/h4-5H,2-3H2,1H3,(H,10,13). The number of rotatable bonds is 1. The number of nitrogens with zero attached hydrogens (tertiary/aromatic N) is 1. The Morgan fingerprint density at radius 2 is 2.21 bits per heavy atom. The molecule has 1 amide bonds. The quantitative estimate of drug-likeness (QED) is 0.661. The van der Waals surface area contributed by atoms with Crippen LogP contribution in [-0.2, 0) is 6.54 Å². The van der Waals surface area contributed by atoms with Gasteiger partial charge in [-0.25, -0.2) is 0 Å². The zero-order valence-electron chi connectivity index (χ0n) is 7.74. The lowest BCUT2D eigenvalue weighted by Gasteiger charge is -2.21. The summed E-state index contributed by atoms with van der Waals surface area (Å²) in [5.74, 6) is 0.203. The summed E-state index contributed by atoms with van der Waals surface area (Å²) in [5, 5.41) is 2.66. The van der Waals surface area contributed by atoms with Gasteiger partial charge in [0.05, 0.1) is 7.11 Å². The molecule has 0 saturated carbocycles. The van der Waals surface area contributed by atoms with Crippen LogP contribution in [0.25, 0.3) is 0 Å². The van der Waals surface area contributed by atoms with Crippen molar-refractivity contribution >= 4 is 5.91 Å². The minimum absolute atomic E-state index is 0.217. The van der Waals surface area contributed by atoms with Gasteiger partial charge < -0.3 is 14.6 Å². The van der Waals surface area contributed by atoms with Gasteiger partial charge in [0.15, 0.2) is 11.3 Å². The van der Waals surface area contributed by atoms with E-state index in [2.05, 4.69) is 5.32 Å². The van der Waals surface area contributed by atoms with Crippen LogP contribution in [0.3, 0.4) is 0 Å². The monoisotopic (exact) mass is 194 g/mol. The third kappa shape index (κ3) is 1.26. The molecule has 0 spiro atoms. The van der Waals surface area contributed by atoms with Crippen LogP contribution < -0.4 is 15.5 Å². The van der Waals surface area contributed by atoms with Crippen LogP contribution in [0.4, 0.5) is 0 Å². The molecule has 2 rings (SSSR count). The molecule has 0 aromatic carbocycles. The summed E-state index contributed by atoms with van der Waals surface area (Å²) < 4.78 is 6.72.